The van der Waals surface area contributed by atoms with Crippen LogP contribution in [0.5, 0.6) is 5.75 Å². The summed E-state index contributed by atoms with van der Waals surface area (Å²) in [7, 11) is 0. The number of halogens is 1. The average molecular weight is 326 g/mol. The van der Waals surface area contributed by atoms with E-state index in [1.54, 1.807) is 12.1 Å². The van der Waals surface area contributed by atoms with Gasteiger partial charge in [-0.15, -0.1) is 5.10 Å². The van der Waals surface area contributed by atoms with Gasteiger partial charge >= 0.3 is 0 Å². The third-order valence-corrected chi connectivity index (χ3v) is 3.28. The number of aromatic amines is 1. The van der Waals surface area contributed by atoms with Gasteiger partial charge in [-0.05, 0) is 19.1 Å². The largest absolute Gasteiger partial charge is 0.478 e. The molecule has 0 aliphatic rings. The molecule has 0 fully saturated rings. The van der Waals surface area contributed by atoms with Crippen molar-refractivity contribution in [3.05, 3.63) is 60.4 Å². The molecule has 0 aliphatic heterocycles. The normalized spacial score (nSPS) is 11.8. The van der Waals surface area contributed by atoms with Crippen molar-refractivity contribution in [3.63, 3.8) is 0 Å². The molecule has 1 unspecified atom stereocenters. The van der Waals surface area contributed by atoms with Gasteiger partial charge in [-0.3, -0.25) is 15.2 Å². The molecule has 0 radical (unpaired) electrons. The standard InChI is InChI=1S/C17H15FN4O2/c1-11(24-14-10-6-5-9-13(14)18)16(23)20-17-19-15(21-22-17)12-7-3-2-4-8-12/h2-11H,1H3,(H2,19,20,21,22,23). The summed E-state index contributed by atoms with van der Waals surface area (Å²) in [6.45, 7) is 1.52. The summed E-state index contributed by atoms with van der Waals surface area (Å²) >= 11 is 0. The van der Waals surface area contributed by atoms with Crippen LogP contribution in [-0.2, 0) is 4.79 Å². The molecule has 6 nitrogen and oxygen atoms in total. The molecule has 0 saturated carbocycles. The highest BCUT2D eigenvalue weighted by Gasteiger charge is 2.18. The van der Waals surface area contributed by atoms with Crippen LogP contribution >= 0.6 is 0 Å². The van der Waals surface area contributed by atoms with E-state index in [9.17, 15) is 9.18 Å². The number of carbonyl (C=O) groups excluding carboxylic acids is 1. The second kappa shape index (κ2) is 6.91. The highest BCUT2D eigenvalue weighted by atomic mass is 19.1. The first-order chi connectivity index (χ1) is 11.6. The van der Waals surface area contributed by atoms with Crippen LogP contribution in [0.1, 0.15) is 6.92 Å². The zero-order chi connectivity index (χ0) is 16.9. The van der Waals surface area contributed by atoms with E-state index in [0.717, 1.165) is 5.56 Å². The zero-order valence-corrected chi connectivity index (χ0v) is 12.9. The highest BCUT2D eigenvalue weighted by molar-refractivity contribution is 5.92. The molecule has 2 aromatic carbocycles. The Balaban J connectivity index is 1.65. The van der Waals surface area contributed by atoms with Crippen LogP contribution in [0.25, 0.3) is 11.4 Å². The topological polar surface area (TPSA) is 79.9 Å². The van der Waals surface area contributed by atoms with E-state index in [-0.39, 0.29) is 11.7 Å². The van der Waals surface area contributed by atoms with Crippen LogP contribution < -0.4 is 10.1 Å². The number of nitrogens with one attached hydrogen (secondary N) is 2. The van der Waals surface area contributed by atoms with Crippen molar-refractivity contribution < 1.29 is 13.9 Å². The summed E-state index contributed by atoms with van der Waals surface area (Å²) in [6.07, 6.45) is -0.902. The number of nitrogens with zero attached hydrogens (tertiary/aromatic N) is 2. The number of anilines is 1. The molecule has 1 atom stereocenters. The summed E-state index contributed by atoms with van der Waals surface area (Å²) in [5, 5.41) is 9.22. The fraction of sp³-hybridized carbons (Fsp3) is 0.118. The Morgan fingerprint density at radius 2 is 1.88 bits per heavy atom. The molecule has 2 N–H and O–H groups in total. The number of hydrogen-bond donors (Lipinski definition) is 2. The second-order valence-electron chi connectivity index (χ2n) is 5.05. The summed E-state index contributed by atoms with van der Waals surface area (Å²) in [5.41, 5.74) is 0.848. The number of carbonyl (C=O) groups is 1. The number of hydrogen-bond acceptors (Lipinski definition) is 4. The molecule has 122 valence electrons. The summed E-state index contributed by atoms with van der Waals surface area (Å²) in [5.74, 6) is -0.324. The van der Waals surface area contributed by atoms with E-state index >= 15 is 0 Å². The van der Waals surface area contributed by atoms with Gasteiger partial charge in [0.2, 0.25) is 5.95 Å². The molecule has 0 aliphatic carbocycles. The molecule has 0 bridgehead atoms. The maximum Gasteiger partial charge on any atom is 0.267 e. The van der Waals surface area contributed by atoms with Crippen molar-refractivity contribution in [2.45, 2.75) is 13.0 Å². The zero-order valence-electron chi connectivity index (χ0n) is 12.9. The van der Waals surface area contributed by atoms with Gasteiger partial charge in [-0.2, -0.15) is 4.98 Å². The van der Waals surface area contributed by atoms with Gasteiger partial charge in [-0.1, -0.05) is 42.5 Å². The van der Waals surface area contributed by atoms with E-state index in [2.05, 4.69) is 20.5 Å². The van der Waals surface area contributed by atoms with Gasteiger partial charge in [-0.25, -0.2) is 4.39 Å². The van der Waals surface area contributed by atoms with E-state index in [1.165, 1.54) is 19.1 Å². The van der Waals surface area contributed by atoms with Gasteiger partial charge in [0.25, 0.3) is 5.91 Å². The van der Waals surface area contributed by atoms with Crippen LogP contribution in [0.3, 0.4) is 0 Å². The lowest BCUT2D eigenvalue weighted by Gasteiger charge is -2.13. The van der Waals surface area contributed by atoms with Crippen LogP contribution in [0.2, 0.25) is 0 Å². The van der Waals surface area contributed by atoms with Gasteiger partial charge in [0.15, 0.2) is 23.5 Å². The minimum atomic E-state index is -0.902. The number of H-pyrrole nitrogens is 1. The predicted octanol–water partition coefficient (Wildman–Crippen LogP) is 3.02. The van der Waals surface area contributed by atoms with Crippen molar-refractivity contribution in [3.8, 4) is 17.1 Å². The molecule has 24 heavy (non-hydrogen) atoms. The van der Waals surface area contributed by atoms with Crippen LogP contribution in [0.4, 0.5) is 10.3 Å². The van der Waals surface area contributed by atoms with E-state index in [1.807, 2.05) is 30.3 Å². The minimum Gasteiger partial charge on any atom is -0.478 e. The maximum atomic E-state index is 13.5. The Hall–Kier alpha value is -3.22. The van der Waals surface area contributed by atoms with Gasteiger partial charge in [0.1, 0.15) is 0 Å². The van der Waals surface area contributed by atoms with Gasteiger partial charge in [0.05, 0.1) is 0 Å². The molecule has 1 amide bonds. The Labute approximate surface area is 137 Å². The molecule has 1 heterocycles. The number of amides is 1. The van der Waals surface area contributed by atoms with E-state index in [4.69, 9.17) is 4.74 Å². The lowest BCUT2D eigenvalue weighted by molar-refractivity contribution is -0.122. The molecule has 3 rings (SSSR count). The van der Waals surface area contributed by atoms with Crippen molar-refractivity contribution in [1.29, 1.82) is 0 Å². The first-order valence-corrected chi connectivity index (χ1v) is 7.33. The fourth-order valence-electron chi connectivity index (χ4n) is 2.04. The first-order valence-electron chi connectivity index (χ1n) is 7.33. The molecule has 0 saturated heterocycles. The number of benzene rings is 2. The fourth-order valence-corrected chi connectivity index (χ4v) is 2.04. The van der Waals surface area contributed by atoms with Crippen molar-refractivity contribution in [2.75, 3.05) is 5.32 Å². The Morgan fingerprint density at radius 1 is 1.17 bits per heavy atom. The van der Waals surface area contributed by atoms with Crippen LogP contribution in [0.15, 0.2) is 54.6 Å². The predicted molar refractivity (Wildman–Crippen MR) is 86.9 cm³/mol. The second-order valence-corrected chi connectivity index (χ2v) is 5.05. The molecule has 0 spiro atoms. The summed E-state index contributed by atoms with van der Waals surface area (Å²) in [4.78, 5) is 16.3. The Morgan fingerprint density at radius 3 is 2.62 bits per heavy atom. The third-order valence-electron chi connectivity index (χ3n) is 3.28. The number of para-hydroxylation sites is 1. The summed E-state index contributed by atoms with van der Waals surface area (Å²) < 4.78 is 18.9. The minimum absolute atomic E-state index is 0.0140. The van der Waals surface area contributed by atoms with Crippen molar-refractivity contribution in [1.82, 2.24) is 15.2 Å². The van der Waals surface area contributed by atoms with Crippen molar-refractivity contribution in [2.24, 2.45) is 0 Å². The monoisotopic (exact) mass is 326 g/mol. The van der Waals surface area contributed by atoms with E-state index < -0.39 is 17.8 Å². The first kappa shape index (κ1) is 15.7. The molecule has 7 heteroatoms. The van der Waals surface area contributed by atoms with Gasteiger partial charge < -0.3 is 4.74 Å². The lowest BCUT2D eigenvalue weighted by Crippen LogP contribution is -2.30. The molecular formula is C17H15FN4O2. The van der Waals surface area contributed by atoms with Crippen LogP contribution in [0, 0.1) is 5.82 Å². The number of aromatic nitrogens is 3. The number of rotatable bonds is 5. The molecular weight excluding hydrogens is 311 g/mol. The smallest absolute Gasteiger partial charge is 0.267 e. The molecule has 3 aromatic rings. The Kier molecular flexibility index (Phi) is 4.51. The Bertz CT molecular complexity index is 835. The quantitative estimate of drug-likeness (QED) is 0.755. The van der Waals surface area contributed by atoms with E-state index in [0.29, 0.717) is 5.82 Å². The number of ether oxygens (including phenoxy) is 1. The lowest BCUT2D eigenvalue weighted by atomic mass is 10.2. The molecule has 1 aromatic heterocycles. The third kappa shape index (κ3) is 3.57. The average Bonchev–Trinajstić information content (AvgIpc) is 3.06. The van der Waals surface area contributed by atoms with Gasteiger partial charge in [0, 0.05) is 5.56 Å². The SMILES string of the molecule is CC(Oc1ccccc1F)C(=O)Nc1n[nH]c(-c2ccccc2)n1. The highest BCUT2D eigenvalue weighted by Crippen LogP contribution is 2.18. The van der Waals surface area contributed by atoms with Crippen LogP contribution in [-0.4, -0.2) is 27.2 Å². The summed E-state index contributed by atoms with van der Waals surface area (Å²) in [6, 6.07) is 15.3. The maximum absolute atomic E-state index is 13.5. The van der Waals surface area contributed by atoms with Crippen molar-refractivity contribution >= 4 is 11.9 Å².